The van der Waals surface area contributed by atoms with Crippen LogP contribution in [0.5, 0.6) is 23.0 Å². The Morgan fingerprint density at radius 1 is 0.923 bits per heavy atom. The van der Waals surface area contributed by atoms with Crippen LogP contribution in [0.15, 0.2) is 18.2 Å². The van der Waals surface area contributed by atoms with Gasteiger partial charge in [-0.15, -0.1) is 0 Å². The summed E-state index contributed by atoms with van der Waals surface area (Å²) < 4.78 is 22.0. The van der Waals surface area contributed by atoms with Crippen molar-refractivity contribution >= 4 is 5.97 Å². The molecule has 5 nitrogen and oxygen atoms in total. The normalized spacial score (nSPS) is 15.9. The van der Waals surface area contributed by atoms with Crippen LogP contribution in [0.2, 0.25) is 0 Å². The SMILES string of the molecule is COc1cc([C@H]2CC(=O)Oc3c(C)c(C)cc(C)c32)cc(OC)c1OC. The Morgan fingerprint density at radius 3 is 2.08 bits per heavy atom. The second kappa shape index (κ2) is 6.90. The van der Waals surface area contributed by atoms with Crippen molar-refractivity contribution in [3.8, 4) is 23.0 Å². The van der Waals surface area contributed by atoms with Crippen molar-refractivity contribution in [2.45, 2.75) is 33.1 Å². The number of rotatable bonds is 4. The van der Waals surface area contributed by atoms with E-state index in [9.17, 15) is 4.79 Å². The van der Waals surface area contributed by atoms with Gasteiger partial charge in [0.25, 0.3) is 0 Å². The first-order chi connectivity index (χ1) is 12.4. The van der Waals surface area contributed by atoms with Crippen molar-refractivity contribution in [3.05, 3.63) is 46.0 Å². The molecule has 0 saturated carbocycles. The summed E-state index contributed by atoms with van der Waals surface area (Å²) >= 11 is 0. The van der Waals surface area contributed by atoms with E-state index in [0.717, 1.165) is 27.8 Å². The Balaban J connectivity index is 2.23. The van der Waals surface area contributed by atoms with Crippen LogP contribution < -0.4 is 18.9 Å². The van der Waals surface area contributed by atoms with Gasteiger partial charge in [-0.05, 0) is 55.2 Å². The number of fused-ring (bicyclic) bond motifs is 1. The van der Waals surface area contributed by atoms with Gasteiger partial charge in [0.15, 0.2) is 11.5 Å². The topological polar surface area (TPSA) is 54.0 Å². The van der Waals surface area contributed by atoms with Crippen LogP contribution >= 0.6 is 0 Å². The number of methoxy groups -OCH3 is 3. The number of esters is 1. The molecule has 2 aromatic carbocycles. The molecule has 1 heterocycles. The zero-order valence-corrected chi connectivity index (χ0v) is 16.1. The van der Waals surface area contributed by atoms with Crippen molar-refractivity contribution < 1.29 is 23.7 Å². The average Bonchev–Trinajstić information content (AvgIpc) is 2.63. The lowest BCUT2D eigenvalue weighted by molar-refractivity contribution is -0.135. The van der Waals surface area contributed by atoms with Gasteiger partial charge in [-0.1, -0.05) is 6.07 Å². The number of aryl methyl sites for hydroxylation is 2. The summed E-state index contributed by atoms with van der Waals surface area (Å²) in [6.45, 7) is 6.06. The summed E-state index contributed by atoms with van der Waals surface area (Å²) in [5.74, 6) is 2.00. The third kappa shape index (κ3) is 2.87. The monoisotopic (exact) mass is 356 g/mol. The number of hydrogen-bond donors (Lipinski definition) is 0. The highest BCUT2D eigenvalue weighted by Crippen LogP contribution is 2.47. The number of ether oxygens (including phenoxy) is 4. The zero-order chi connectivity index (χ0) is 19.0. The molecule has 1 aliphatic rings. The van der Waals surface area contributed by atoms with E-state index in [2.05, 4.69) is 13.0 Å². The highest BCUT2D eigenvalue weighted by molar-refractivity contribution is 5.79. The van der Waals surface area contributed by atoms with E-state index in [1.54, 1.807) is 21.3 Å². The first-order valence-electron chi connectivity index (χ1n) is 8.52. The van der Waals surface area contributed by atoms with Crippen LogP contribution in [0.25, 0.3) is 0 Å². The van der Waals surface area contributed by atoms with E-state index in [1.165, 1.54) is 0 Å². The van der Waals surface area contributed by atoms with Crippen molar-refractivity contribution in [1.29, 1.82) is 0 Å². The third-order valence-electron chi connectivity index (χ3n) is 5.06. The molecule has 1 aliphatic heterocycles. The molecule has 0 aliphatic carbocycles. The molecule has 0 radical (unpaired) electrons. The lowest BCUT2D eigenvalue weighted by atomic mass is 9.81. The third-order valence-corrected chi connectivity index (χ3v) is 5.06. The summed E-state index contributed by atoms with van der Waals surface area (Å²) in [6.07, 6.45) is 0.273. The summed E-state index contributed by atoms with van der Waals surface area (Å²) in [5.41, 5.74) is 5.19. The highest BCUT2D eigenvalue weighted by Gasteiger charge is 2.33. The van der Waals surface area contributed by atoms with Crippen molar-refractivity contribution in [2.24, 2.45) is 0 Å². The fourth-order valence-electron chi connectivity index (χ4n) is 3.65. The van der Waals surface area contributed by atoms with Gasteiger partial charge in [0.1, 0.15) is 5.75 Å². The molecule has 26 heavy (non-hydrogen) atoms. The van der Waals surface area contributed by atoms with Crippen molar-refractivity contribution in [2.75, 3.05) is 21.3 Å². The van der Waals surface area contributed by atoms with Crippen molar-refractivity contribution in [3.63, 3.8) is 0 Å². The molecule has 138 valence electrons. The second-order valence-corrected chi connectivity index (χ2v) is 6.57. The molecule has 0 aromatic heterocycles. The molecule has 2 aromatic rings. The smallest absolute Gasteiger partial charge is 0.312 e. The molecule has 0 fully saturated rings. The fraction of sp³-hybridized carbons (Fsp3) is 0.381. The molecule has 0 saturated heterocycles. The van der Waals surface area contributed by atoms with Crippen LogP contribution in [0.3, 0.4) is 0 Å². The van der Waals surface area contributed by atoms with Gasteiger partial charge in [0.2, 0.25) is 5.75 Å². The molecule has 0 amide bonds. The molecule has 1 atom stereocenters. The first kappa shape index (κ1) is 18.1. The summed E-state index contributed by atoms with van der Waals surface area (Å²) in [5, 5.41) is 0. The van der Waals surface area contributed by atoms with Crippen LogP contribution in [-0.2, 0) is 4.79 Å². The van der Waals surface area contributed by atoms with Crippen LogP contribution in [0, 0.1) is 20.8 Å². The standard InChI is InChI=1S/C21H24O5/c1-11-7-12(2)19-15(10-18(22)26-20(19)13(11)3)14-8-16(23-4)21(25-6)17(9-14)24-5/h7-9,15H,10H2,1-6H3/t15-/m1/s1. The fourth-order valence-corrected chi connectivity index (χ4v) is 3.65. The van der Waals surface area contributed by atoms with Gasteiger partial charge in [-0.2, -0.15) is 0 Å². The summed E-state index contributed by atoms with van der Waals surface area (Å²) in [7, 11) is 4.75. The van der Waals surface area contributed by atoms with E-state index in [4.69, 9.17) is 18.9 Å². The number of carbonyl (C=O) groups is 1. The quantitative estimate of drug-likeness (QED) is 0.610. The molecule has 0 spiro atoms. The van der Waals surface area contributed by atoms with Crippen LogP contribution in [0.4, 0.5) is 0 Å². The predicted molar refractivity (Wildman–Crippen MR) is 98.8 cm³/mol. The van der Waals surface area contributed by atoms with E-state index >= 15 is 0 Å². The lowest BCUT2D eigenvalue weighted by Crippen LogP contribution is -2.23. The Labute approximate surface area is 153 Å². The molecule has 0 bridgehead atoms. The van der Waals surface area contributed by atoms with E-state index < -0.39 is 0 Å². The van der Waals surface area contributed by atoms with Crippen LogP contribution in [0.1, 0.15) is 40.2 Å². The second-order valence-electron chi connectivity index (χ2n) is 6.57. The minimum Gasteiger partial charge on any atom is -0.493 e. The average molecular weight is 356 g/mol. The number of hydrogen-bond acceptors (Lipinski definition) is 5. The van der Waals surface area contributed by atoms with Gasteiger partial charge < -0.3 is 18.9 Å². The van der Waals surface area contributed by atoms with Gasteiger partial charge in [-0.3, -0.25) is 4.79 Å². The molecular formula is C21H24O5. The van der Waals surface area contributed by atoms with E-state index in [0.29, 0.717) is 23.0 Å². The highest BCUT2D eigenvalue weighted by atomic mass is 16.5. The molecule has 0 N–H and O–H groups in total. The summed E-state index contributed by atoms with van der Waals surface area (Å²) in [4.78, 5) is 12.3. The molecule has 5 heteroatoms. The molecule has 0 unspecified atom stereocenters. The maximum atomic E-state index is 12.3. The van der Waals surface area contributed by atoms with Crippen molar-refractivity contribution in [1.82, 2.24) is 0 Å². The largest absolute Gasteiger partial charge is 0.493 e. The number of carbonyl (C=O) groups excluding carboxylic acids is 1. The Kier molecular flexibility index (Phi) is 4.81. The Morgan fingerprint density at radius 2 is 1.54 bits per heavy atom. The Hall–Kier alpha value is -2.69. The lowest BCUT2D eigenvalue weighted by Gasteiger charge is -2.29. The van der Waals surface area contributed by atoms with Crippen LogP contribution in [-0.4, -0.2) is 27.3 Å². The number of benzene rings is 2. The molecular weight excluding hydrogens is 332 g/mol. The predicted octanol–water partition coefficient (Wildman–Crippen LogP) is 4.08. The minimum atomic E-state index is -0.232. The first-order valence-corrected chi connectivity index (χ1v) is 8.52. The summed E-state index contributed by atoms with van der Waals surface area (Å²) in [6, 6.07) is 5.95. The maximum Gasteiger partial charge on any atom is 0.312 e. The molecule has 3 rings (SSSR count). The zero-order valence-electron chi connectivity index (χ0n) is 16.1. The van der Waals surface area contributed by atoms with Gasteiger partial charge >= 0.3 is 5.97 Å². The van der Waals surface area contributed by atoms with Gasteiger partial charge in [0, 0.05) is 11.5 Å². The van der Waals surface area contributed by atoms with Gasteiger partial charge in [-0.25, -0.2) is 0 Å². The van der Waals surface area contributed by atoms with Gasteiger partial charge in [0.05, 0.1) is 27.8 Å². The van der Waals surface area contributed by atoms with E-state index in [-0.39, 0.29) is 18.3 Å². The van der Waals surface area contributed by atoms with E-state index in [1.807, 2.05) is 26.0 Å². The Bertz CT molecular complexity index is 844. The minimum absolute atomic E-state index is 0.126. The maximum absolute atomic E-state index is 12.3.